The number of hydrogen-bond donors (Lipinski definition) is 2. The van der Waals surface area contributed by atoms with Crippen LogP contribution in [0.5, 0.6) is 0 Å². The monoisotopic (exact) mass is 367 g/mol. The zero-order valence-electron chi connectivity index (χ0n) is 15.3. The maximum atomic E-state index is 12.2. The number of nitro groups is 1. The molecule has 0 aromatic heterocycles. The minimum Gasteiger partial charge on any atom is -0.337 e. The van der Waals surface area contributed by atoms with Crippen LogP contribution < -0.4 is 10.6 Å². The summed E-state index contributed by atoms with van der Waals surface area (Å²) in [4.78, 5) is 22.5. The molecule has 1 aliphatic carbocycles. The Hall–Kier alpha value is -2.89. The van der Waals surface area contributed by atoms with E-state index in [1.54, 1.807) is 0 Å². The first-order valence-electron chi connectivity index (χ1n) is 9.46. The number of rotatable bonds is 7. The molecule has 0 spiro atoms. The Morgan fingerprint density at radius 1 is 1.07 bits per heavy atom. The van der Waals surface area contributed by atoms with Crippen LogP contribution in [0, 0.1) is 16.0 Å². The van der Waals surface area contributed by atoms with Crippen molar-refractivity contribution < 1.29 is 9.72 Å². The van der Waals surface area contributed by atoms with Crippen molar-refractivity contribution >= 4 is 17.4 Å². The summed E-state index contributed by atoms with van der Waals surface area (Å²) in [6, 6.07) is 15.8. The van der Waals surface area contributed by atoms with Crippen molar-refractivity contribution in [1.29, 1.82) is 0 Å². The standard InChI is InChI=1S/C21H25N3O3/c25-21(23-19-10-12-20(13-11-19)24(26)27)22-15-18(14-16-6-4-5-7-16)17-8-2-1-3-9-17/h1-3,8-13,16,18H,4-7,14-15H2,(H2,22,23,25). The lowest BCUT2D eigenvalue weighted by Crippen LogP contribution is -2.33. The van der Waals surface area contributed by atoms with Gasteiger partial charge in [-0.1, -0.05) is 56.0 Å². The van der Waals surface area contributed by atoms with Gasteiger partial charge < -0.3 is 10.6 Å². The van der Waals surface area contributed by atoms with Gasteiger partial charge in [-0.2, -0.15) is 0 Å². The molecular formula is C21H25N3O3. The van der Waals surface area contributed by atoms with E-state index in [-0.39, 0.29) is 17.6 Å². The van der Waals surface area contributed by atoms with E-state index in [1.165, 1.54) is 55.5 Å². The van der Waals surface area contributed by atoms with Gasteiger partial charge in [-0.25, -0.2) is 4.79 Å². The maximum Gasteiger partial charge on any atom is 0.319 e. The van der Waals surface area contributed by atoms with Crippen molar-refractivity contribution in [3.05, 3.63) is 70.3 Å². The smallest absolute Gasteiger partial charge is 0.319 e. The van der Waals surface area contributed by atoms with Crippen LogP contribution in [0.15, 0.2) is 54.6 Å². The molecule has 1 fully saturated rings. The zero-order chi connectivity index (χ0) is 19.1. The normalized spacial score (nSPS) is 15.3. The third kappa shape index (κ3) is 5.54. The summed E-state index contributed by atoms with van der Waals surface area (Å²) in [5, 5.41) is 16.4. The van der Waals surface area contributed by atoms with E-state index in [0.29, 0.717) is 12.2 Å². The Morgan fingerprint density at radius 3 is 2.37 bits per heavy atom. The first kappa shape index (κ1) is 18.9. The summed E-state index contributed by atoms with van der Waals surface area (Å²) >= 11 is 0. The van der Waals surface area contributed by atoms with Crippen LogP contribution in [-0.4, -0.2) is 17.5 Å². The van der Waals surface area contributed by atoms with Gasteiger partial charge in [0, 0.05) is 30.3 Å². The summed E-state index contributed by atoms with van der Waals surface area (Å²) in [5.74, 6) is 1.02. The molecule has 27 heavy (non-hydrogen) atoms. The molecule has 1 aliphatic rings. The minimum absolute atomic E-state index is 0.00154. The van der Waals surface area contributed by atoms with Crippen LogP contribution in [0.3, 0.4) is 0 Å². The molecule has 0 heterocycles. The van der Waals surface area contributed by atoms with E-state index in [1.807, 2.05) is 18.2 Å². The number of hydrogen-bond acceptors (Lipinski definition) is 3. The largest absolute Gasteiger partial charge is 0.337 e. The van der Waals surface area contributed by atoms with E-state index in [2.05, 4.69) is 22.8 Å². The van der Waals surface area contributed by atoms with Gasteiger partial charge >= 0.3 is 6.03 Å². The van der Waals surface area contributed by atoms with Gasteiger partial charge in [0.2, 0.25) is 0 Å². The van der Waals surface area contributed by atoms with Crippen LogP contribution in [0.4, 0.5) is 16.2 Å². The second-order valence-electron chi connectivity index (χ2n) is 7.13. The van der Waals surface area contributed by atoms with Crippen LogP contribution in [0.2, 0.25) is 0 Å². The van der Waals surface area contributed by atoms with Gasteiger partial charge in [0.05, 0.1) is 4.92 Å². The third-order valence-electron chi connectivity index (χ3n) is 5.21. The fourth-order valence-electron chi connectivity index (χ4n) is 3.77. The predicted octanol–water partition coefficient (Wildman–Crippen LogP) is 5.08. The highest BCUT2D eigenvalue weighted by molar-refractivity contribution is 5.89. The van der Waals surface area contributed by atoms with E-state index in [0.717, 1.165) is 12.3 Å². The topological polar surface area (TPSA) is 84.3 Å². The number of non-ortho nitro benzene ring substituents is 1. The van der Waals surface area contributed by atoms with E-state index in [4.69, 9.17) is 0 Å². The molecule has 0 saturated heterocycles. The lowest BCUT2D eigenvalue weighted by Gasteiger charge is -2.21. The molecule has 1 atom stereocenters. The number of benzene rings is 2. The summed E-state index contributed by atoms with van der Waals surface area (Å²) in [6.45, 7) is 0.569. The molecule has 2 N–H and O–H groups in total. The second-order valence-corrected chi connectivity index (χ2v) is 7.13. The summed E-state index contributed by atoms with van der Waals surface area (Å²) < 4.78 is 0. The quantitative estimate of drug-likeness (QED) is 0.528. The van der Waals surface area contributed by atoms with Crippen LogP contribution >= 0.6 is 0 Å². The molecule has 2 aromatic carbocycles. The van der Waals surface area contributed by atoms with Crippen LogP contribution in [-0.2, 0) is 0 Å². The molecule has 2 aromatic rings. The molecule has 0 bridgehead atoms. The molecular weight excluding hydrogens is 342 g/mol. The Labute approximate surface area is 159 Å². The second kappa shape index (κ2) is 9.16. The summed E-state index contributed by atoms with van der Waals surface area (Å²) in [5.41, 5.74) is 1.78. The zero-order valence-corrected chi connectivity index (χ0v) is 15.3. The number of amides is 2. The SMILES string of the molecule is O=C(NCC(CC1CCCC1)c1ccccc1)Nc1ccc([N+](=O)[O-])cc1. The number of nitrogens with zero attached hydrogens (tertiary/aromatic N) is 1. The number of urea groups is 1. The average Bonchev–Trinajstić information content (AvgIpc) is 3.19. The van der Waals surface area contributed by atoms with Crippen molar-refractivity contribution in [2.75, 3.05) is 11.9 Å². The number of nitro benzene ring substituents is 1. The van der Waals surface area contributed by atoms with Gasteiger partial charge in [0.1, 0.15) is 0 Å². The van der Waals surface area contributed by atoms with Crippen LogP contribution in [0.1, 0.15) is 43.6 Å². The Morgan fingerprint density at radius 2 is 1.74 bits per heavy atom. The highest BCUT2D eigenvalue weighted by Gasteiger charge is 2.22. The van der Waals surface area contributed by atoms with Gasteiger partial charge in [0.25, 0.3) is 5.69 Å². The molecule has 2 amide bonds. The van der Waals surface area contributed by atoms with Crippen molar-refractivity contribution in [2.45, 2.75) is 38.0 Å². The van der Waals surface area contributed by atoms with Gasteiger partial charge in [-0.3, -0.25) is 10.1 Å². The van der Waals surface area contributed by atoms with Crippen molar-refractivity contribution in [2.24, 2.45) is 5.92 Å². The molecule has 3 rings (SSSR count). The van der Waals surface area contributed by atoms with Crippen molar-refractivity contribution in [1.82, 2.24) is 5.32 Å². The number of nitrogens with one attached hydrogen (secondary N) is 2. The molecule has 142 valence electrons. The highest BCUT2D eigenvalue weighted by Crippen LogP contribution is 2.33. The predicted molar refractivity (Wildman–Crippen MR) is 106 cm³/mol. The molecule has 0 aliphatic heterocycles. The Balaban J connectivity index is 1.57. The fraction of sp³-hybridized carbons (Fsp3) is 0.381. The third-order valence-corrected chi connectivity index (χ3v) is 5.21. The summed E-state index contributed by atoms with van der Waals surface area (Å²) in [7, 11) is 0. The van der Waals surface area contributed by atoms with E-state index < -0.39 is 4.92 Å². The molecule has 1 unspecified atom stereocenters. The van der Waals surface area contributed by atoms with Gasteiger partial charge in [-0.05, 0) is 30.0 Å². The lowest BCUT2D eigenvalue weighted by molar-refractivity contribution is -0.384. The van der Waals surface area contributed by atoms with E-state index in [9.17, 15) is 14.9 Å². The van der Waals surface area contributed by atoms with Crippen LogP contribution in [0.25, 0.3) is 0 Å². The Bertz CT molecular complexity index is 756. The average molecular weight is 367 g/mol. The molecule has 1 saturated carbocycles. The number of carbonyl (C=O) groups is 1. The van der Waals surface area contributed by atoms with E-state index >= 15 is 0 Å². The molecule has 0 radical (unpaired) electrons. The minimum atomic E-state index is -0.461. The Kier molecular flexibility index (Phi) is 6.41. The summed E-state index contributed by atoms with van der Waals surface area (Å²) in [6.07, 6.45) is 6.25. The lowest BCUT2D eigenvalue weighted by atomic mass is 9.88. The first-order valence-corrected chi connectivity index (χ1v) is 9.46. The van der Waals surface area contributed by atoms with Gasteiger partial charge in [-0.15, -0.1) is 0 Å². The fourth-order valence-corrected chi connectivity index (χ4v) is 3.77. The first-order chi connectivity index (χ1) is 13.1. The van der Waals surface area contributed by atoms with Crippen molar-refractivity contribution in [3.8, 4) is 0 Å². The molecule has 6 heteroatoms. The van der Waals surface area contributed by atoms with Crippen molar-refractivity contribution in [3.63, 3.8) is 0 Å². The maximum absolute atomic E-state index is 12.2. The van der Waals surface area contributed by atoms with Gasteiger partial charge in [0.15, 0.2) is 0 Å². The highest BCUT2D eigenvalue weighted by atomic mass is 16.6. The number of anilines is 1. The molecule has 6 nitrogen and oxygen atoms in total. The number of carbonyl (C=O) groups excluding carboxylic acids is 1.